The lowest BCUT2D eigenvalue weighted by molar-refractivity contribution is 0.0709. The average Bonchev–Trinajstić information content (AvgIpc) is 2.66. The zero-order valence-corrected chi connectivity index (χ0v) is 15.6. The highest BCUT2D eigenvalue weighted by Crippen LogP contribution is 2.35. The number of likely N-dealkylation sites (tertiary alicyclic amines) is 1. The van der Waals surface area contributed by atoms with Crippen molar-refractivity contribution >= 4 is 0 Å². The van der Waals surface area contributed by atoms with Crippen LogP contribution in [0.5, 0.6) is 0 Å². The molecular formula is C22H28F2N2. The van der Waals surface area contributed by atoms with Crippen LogP contribution in [0, 0.1) is 11.6 Å². The molecule has 2 atom stereocenters. The Hall–Kier alpha value is -1.78. The van der Waals surface area contributed by atoms with E-state index in [1.54, 1.807) is 12.1 Å². The number of hydrogen-bond donors (Lipinski definition) is 1. The molecule has 26 heavy (non-hydrogen) atoms. The van der Waals surface area contributed by atoms with Gasteiger partial charge in [-0.25, -0.2) is 8.78 Å². The van der Waals surface area contributed by atoms with Gasteiger partial charge in [-0.05, 0) is 56.6 Å². The molecule has 2 aromatic rings. The Kier molecular flexibility index (Phi) is 6.38. The van der Waals surface area contributed by atoms with Crippen molar-refractivity contribution < 1.29 is 8.78 Å². The van der Waals surface area contributed by atoms with E-state index in [2.05, 4.69) is 36.2 Å². The number of nitrogens with zero attached hydrogens (tertiary/aromatic N) is 1. The summed E-state index contributed by atoms with van der Waals surface area (Å²) < 4.78 is 27.4. The minimum absolute atomic E-state index is 0.320. The fourth-order valence-corrected chi connectivity index (χ4v) is 3.75. The van der Waals surface area contributed by atoms with Crippen LogP contribution >= 0.6 is 0 Å². The maximum atomic E-state index is 13.9. The van der Waals surface area contributed by atoms with Crippen molar-refractivity contribution in [3.05, 3.63) is 59.7 Å². The molecule has 0 bridgehead atoms. The van der Waals surface area contributed by atoms with Crippen molar-refractivity contribution in [2.45, 2.75) is 38.6 Å². The van der Waals surface area contributed by atoms with Crippen molar-refractivity contribution in [1.82, 2.24) is 10.2 Å². The first kappa shape index (κ1) is 19.0. The Morgan fingerprint density at radius 3 is 2.54 bits per heavy atom. The summed E-state index contributed by atoms with van der Waals surface area (Å²) >= 11 is 0. The summed E-state index contributed by atoms with van der Waals surface area (Å²) in [5.41, 5.74) is 2.32. The molecule has 1 heterocycles. The van der Waals surface area contributed by atoms with E-state index in [1.807, 2.05) is 12.1 Å². The largest absolute Gasteiger partial charge is 0.317 e. The van der Waals surface area contributed by atoms with Crippen molar-refractivity contribution in [2.75, 3.05) is 26.2 Å². The fraction of sp³-hybridized carbons (Fsp3) is 0.455. The van der Waals surface area contributed by atoms with E-state index in [4.69, 9.17) is 0 Å². The second-order valence-corrected chi connectivity index (χ2v) is 7.13. The average molecular weight is 358 g/mol. The molecule has 1 N–H and O–H groups in total. The van der Waals surface area contributed by atoms with Crippen LogP contribution in [0.4, 0.5) is 8.78 Å². The van der Waals surface area contributed by atoms with E-state index in [0.29, 0.717) is 17.5 Å². The van der Waals surface area contributed by atoms with E-state index < -0.39 is 11.6 Å². The molecule has 0 spiro atoms. The minimum atomic E-state index is -0.802. The van der Waals surface area contributed by atoms with Gasteiger partial charge in [0.2, 0.25) is 0 Å². The normalized spacial score (nSPS) is 20.2. The van der Waals surface area contributed by atoms with Crippen LogP contribution in [-0.4, -0.2) is 37.1 Å². The monoisotopic (exact) mass is 358 g/mol. The Morgan fingerprint density at radius 1 is 1.08 bits per heavy atom. The lowest BCUT2D eigenvalue weighted by Crippen LogP contribution is -2.53. The quantitative estimate of drug-likeness (QED) is 0.681. The minimum Gasteiger partial charge on any atom is -0.317 e. The topological polar surface area (TPSA) is 15.3 Å². The first-order valence-corrected chi connectivity index (χ1v) is 9.61. The molecule has 1 aliphatic rings. The van der Waals surface area contributed by atoms with Crippen LogP contribution in [0.1, 0.15) is 38.2 Å². The van der Waals surface area contributed by atoms with Gasteiger partial charge >= 0.3 is 0 Å². The second kappa shape index (κ2) is 8.74. The Morgan fingerprint density at radius 2 is 1.85 bits per heavy atom. The van der Waals surface area contributed by atoms with Gasteiger partial charge in [0.1, 0.15) is 0 Å². The van der Waals surface area contributed by atoms with Gasteiger partial charge in [-0.3, -0.25) is 4.90 Å². The predicted octanol–water partition coefficient (Wildman–Crippen LogP) is 4.81. The van der Waals surface area contributed by atoms with Gasteiger partial charge in [0.05, 0.1) is 0 Å². The molecule has 4 heteroatoms. The second-order valence-electron chi connectivity index (χ2n) is 7.13. The molecule has 140 valence electrons. The summed E-state index contributed by atoms with van der Waals surface area (Å²) in [6, 6.07) is 12.8. The highest BCUT2D eigenvalue weighted by atomic mass is 19.2. The predicted molar refractivity (Wildman–Crippen MR) is 103 cm³/mol. The van der Waals surface area contributed by atoms with Crippen molar-refractivity contribution in [3.8, 4) is 11.1 Å². The van der Waals surface area contributed by atoms with Crippen LogP contribution in [-0.2, 0) is 0 Å². The number of benzene rings is 2. The smallest absolute Gasteiger partial charge is 0.166 e. The van der Waals surface area contributed by atoms with E-state index in [1.165, 1.54) is 18.4 Å². The first-order chi connectivity index (χ1) is 12.6. The van der Waals surface area contributed by atoms with Crippen molar-refractivity contribution in [2.24, 2.45) is 0 Å². The van der Waals surface area contributed by atoms with Gasteiger partial charge < -0.3 is 5.32 Å². The fourth-order valence-electron chi connectivity index (χ4n) is 3.75. The van der Waals surface area contributed by atoms with Gasteiger partial charge in [0, 0.05) is 24.1 Å². The number of rotatable bonds is 8. The zero-order chi connectivity index (χ0) is 18.5. The molecule has 2 nitrogen and oxygen atoms in total. The lowest BCUT2D eigenvalue weighted by atomic mass is 9.83. The highest BCUT2D eigenvalue weighted by Gasteiger charge is 2.35. The summed E-state index contributed by atoms with van der Waals surface area (Å²) in [5, 5.41) is 3.36. The molecule has 0 aliphatic carbocycles. The van der Waals surface area contributed by atoms with Crippen LogP contribution in [0.25, 0.3) is 11.1 Å². The van der Waals surface area contributed by atoms with Crippen LogP contribution < -0.4 is 5.32 Å². The van der Waals surface area contributed by atoms with Gasteiger partial charge in [-0.2, -0.15) is 0 Å². The van der Waals surface area contributed by atoms with Crippen molar-refractivity contribution in [3.63, 3.8) is 0 Å². The summed E-state index contributed by atoms with van der Waals surface area (Å²) in [7, 11) is 0. The summed E-state index contributed by atoms with van der Waals surface area (Å²) in [6.45, 7) is 8.78. The van der Waals surface area contributed by atoms with Gasteiger partial charge in [-0.15, -0.1) is 0 Å². The van der Waals surface area contributed by atoms with Gasteiger partial charge in [-0.1, -0.05) is 43.3 Å². The van der Waals surface area contributed by atoms with Gasteiger partial charge in [0.15, 0.2) is 11.6 Å². The maximum absolute atomic E-state index is 13.9. The third-order valence-corrected chi connectivity index (χ3v) is 5.49. The van der Waals surface area contributed by atoms with Crippen LogP contribution in [0.3, 0.4) is 0 Å². The Labute approximate surface area is 155 Å². The van der Waals surface area contributed by atoms with E-state index in [-0.39, 0.29) is 0 Å². The SMILES string of the molecule is CCNCCCCN1CC(c2ccc(-c3cccc(F)c3F)cc2)[C@@H]1C. The number of nitrogens with one attached hydrogen (secondary N) is 1. The van der Waals surface area contributed by atoms with Crippen LogP contribution in [0.2, 0.25) is 0 Å². The zero-order valence-electron chi connectivity index (χ0n) is 15.6. The molecule has 3 rings (SSSR count). The highest BCUT2D eigenvalue weighted by molar-refractivity contribution is 5.64. The molecule has 0 saturated carbocycles. The molecular weight excluding hydrogens is 330 g/mol. The van der Waals surface area contributed by atoms with Crippen molar-refractivity contribution in [1.29, 1.82) is 0 Å². The third kappa shape index (κ3) is 4.13. The van der Waals surface area contributed by atoms with Crippen LogP contribution in [0.15, 0.2) is 42.5 Å². The number of halogens is 2. The molecule has 1 aliphatic heterocycles. The molecule has 0 amide bonds. The van der Waals surface area contributed by atoms with E-state index in [0.717, 1.165) is 37.8 Å². The Bertz CT molecular complexity index is 715. The number of unbranched alkanes of at least 4 members (excludes halogenated alkanes) is 1. The van der Waals surface area contributed by atoms with E-state index in [9.17, 15) is 8.78 Å². The summed E-state index contributed by atoms with van der Waals surface area (Å²) in [5.74, 6) is -1.06. The number of hydrogen-bond acceptors (Lipinski definition) is 2. The molecule has 0 aromatic heterocycles. The van der Waals surface area contributed by atoms with Gasteiger partial charge in [0.25, 0.3) is 0 Å². The molecule has 2 aromatic carbocycles. The van der Waals surface area contributed by atoms with E-state index >= 15 is 0 Å². The molecule has 1 fully saturated rings. The lowest BCUT2D eigenvalue weighted by Gasteiger charge is -2.47. The molecule has 0 radical (unpaired) electrons. The first-order valence-electron chi connectivity index (χ1n) is 9.61. The third-order valence-electron chi connectivity index (χ3n) is 5.49. The summed E-state index contributed by atoms with van der Waals surface area (Å²) in [6.07, 6.45) is 2.44. The molecule has 1 saturated heterocycles. The standard InChI is InChI=1S/C22H28F2N2/c1-3-25-13-4-5-14-26-15-20(16(26)2)18-11-9-17(10-12-18)19-7-6-8-21(23)22(19)24/h6-12,16,20,25H,3-5,13-15H2,1-2H3/t16-,20?/m0/s1. The maximum Gasteiger partial charge on any atom is 0.166 e. The Balaban J connectivity index is 1.56. The summed E-state index contributed by atoms with van der Waals surface area (Å²) in [4.78, 5) is 2.52. The molecule has 1 unspecified atom stereocenters.